The molecule has 84 valence electrons. The highest BCUT2D eigenvalue weighted by Crippen LogP contribution is 2.32. The standard InChI is InChI=1S/C11H10ClFN2O/c1-2-15-4-3-14-11(15)7-5-8(12)9(13)6-10(7)16/h3-6,16H,2H2,1H3. The SMILES string of the molecule is CCn1ccnc1-c1cc(Cl)c(F)cc1O. The second-order valence-corrected chi connectivity index (χ2v) is 3.73. The van der Waals surface area contributed by atoms with Crippen LogP contribution in [0.3, 0.4) is 0 Å². The van der Waals surface area contributed by atoms with Crippen molar-refractivity contribution in [3.8, 4) is 17.1 Å². The quantitative estimate of drug-likeness (QED) is 0.876. The van der Waals surface area contributed by atoms with E-state index in [2.05, 4.69) is 4.98 Å². The van der Waals surface area contributed by atoms with Crippen molar-refractivity contribution in [3.05, 3.63) is 35.4 Å². The minimum Gasteiger partial charge on any atom is -0.507 e. The summed E-state index contributed by atoms with van der Waals surface area (Å²) < 4.78 is 14.9. The Morgan fingerprint density at radius 2 is 2.25 bits per heavy atom. The van der Waals surface area contributed by atoms with E-state index in [1.165, 1.54) is 6.07 Å². The number of hydrogen-bond donors (Lipinski definition) is 1. The van der Waals surface area contributed by atoms with Gasteiger partial charge in [0.25, 0.3) is 0 Å². The molecule has 1 aromatic carbocycles. The van der Waals surface area contributed by atoms with Gasteiger partial charge in [-0.2, -0.15) is 0 Å². The maximum absolute atomic E-state index is 13.1. The predicted molar refractivity (Wildman–Crippen MR) is 60.0 cm³/mol. The summed E-state index contributed by atoms with van der Waals surface area (Å²) in [7, 11) is 0. The van der Waals surface area contributed by atoms with Crippen molar-refractivity contribution in [2.24, 2.45) is 0 Å². The molecule has 0 aliphatic heterocycles. The first kappa shape index (κ1) is 11.0. The normalized spacial score (nSPS) is 10.7. The predicted octanol–water partition coefficient (Wildman–Crippen LogP) is 3.07. The van der Waals surface area contributed by atoms with Crippen LogP contribution in [0.15, 0.2) is 24.5 Å². The van der Waals surface area contributed by atoms with E-state index in [9.17, 15) is 9.50 Å². The van der Waals surface area contributed by atoms with Gasteiger partial charge in [0, 0.05) is 25.0 Å². The van der Waals surface area contributed by atoms with Gasteiger partial charge in [0.1, 0.15) is 17.4 Å². The zero-order valence-electron chi connectivity index (χ0n) is 8.61. The fourth-order valence-corrected chi connectivity index (χ4v) is 1.69. The van der Waals surface area contributed by atoms with E-state index in [1.807, 2.05) is 11.5 Å². The van der Waals surface area contributed by atoms with Crippen LogP contribution in [0.2, 0.25) is 5.02 Å². The smallest absolute Gasteiger partial charge is 0.145 e. The topological polar surface area (TPSA) is 38.0 Å². The van der Waals surface area contributed by atoms with Gasteiger partial charge in [-0.15, -0.1) is 0 Å². The van der Waals surface area contributed by atoms with Crippen molar-refractivity contribution < 1.29 is 9.50 Å². The fourth-order valence-electron chi connectivity index (χ4n) is 1.52. The molecule has 0 aliphatic rings. The Morgan fingerprint density at radius 3 is 2.94 bits per heavy atom. The Bertz CT molecular complexity index is 525. The monoisotopic (exact) mass is 240 g/mol. The summed E-state index contributed by atoms with van der Waals surface area (Å²) in [6.45, 7) is 2.66. The van der Waals surface area contributed by atoms with Crippen LogP contribution in [-0.4, -0.2) is 14.7 Å². The summed E-state index contributed by atoms with van der Waals surface area (Å²) in [5.41, 5.74) is 0.429. The third-order valence-electron chi connectivity index (χ3n) is 2.34. The number of phenolic OH excluding ortho intramolecular Hbond substituents is 1. The Balaban J connectivity index is 2.60. The molecule has 2 aromatic rings. The second-order valence-electron chi connectivity index (χ2n) is 3.32. The molecule has 1 heterocycles. The molecule has 0 saturated carbocycles. The highest BCUT2D eigenvalue weighted by molar-refractivity contribution is 6.31. The van der Waals surface area contributed by atoms with E-state index in [1.54, 1.807) is 12.4 Å². The van der Waals surface area contributed by atoms with Gasteiger partial charge in [0.05, 0.1) is 10.6 Å². The number of aromatic nitrogens is 2. The number of benzene rings is 1. The van der Waals surface area contributed by atoms with E-state index in [-0.39, 0.29) is 10.8 Å². The van der Waals surface area contributed by atoms with Gasteiger partial charge in [0.15, 0.2) is 0 Å². The van der Waals surface area contributed by atoms with Crippen LogP contribution in [0, 0.1) is 5.82 Å². The lowest BCUT2D eigenvalue weighted by molar-refractivity contribution is 0.470. The zero-order valence-corrected chi connectivity index (χ0v) is 9.37. The van der Waals surface area contributed by atoms with Crippen LogP contribution in [0.4, 0.5) is 4.39 Å². The van der Waals surface area contributed by atoms with Crippen LogP contribution in [0.1, 0.15) is 6.92 Å². The van der Waals surface area contributed by atoms with Gasteiger partial charge in [-0.05, 0) is 13.0 Å². The third kappa shape index (κ3) is 1.76. The molecule has 0 radical (unpaired) electrons. The molecule has 16 heavy (non-hydrogen) atoms. The van der Waals surface area contributed by atoms with E-state index >= 15 is 0 Å². The summed E-state index contributed by atoms with van der Waals surface area (Å²) in [6, 6.07) is 2.37. The molecule has 0 unspecified atom stereocenters. The first-order valence-corrected chi connectivity index (χ1v) is 5.20. The summed E-state index contributed by atoms with van der Waals surface area (Å²) in [4.78, 5) is 4.11. The first-order chi connectivity index (χ1) is 7.63. The Morgan fingerprint density at radius 1 is 1.50 bits per heavy atom. The van der Waals surface area contributed by atoms with E-state index in [4.69, 9.17) is 11.6 Å². The lowest BCUT2D eigenvalue weighted by Gasteiger charge is -2.07. The van der Waals surface area contributed by atoms with Gasteiger partial charge < -0.3 is 9.67 Å². The molecule has 0 fully saturated rings. The minimum atomic E-state index is -0.641. The average molecular weight is 241 g/mol. The first-order valence-electron chi connectivity index (χ1n) is 4.83. The van der Waals surface area contributed by atoms with Crippen LogP contribution < -0.4 is 0 Å². The molecule has 0 spiro atoms. The molecule has 0 atom stereocenters. The van der Waals surface area contributed by atoms with Crippen molar-refractivity contribution in [1.29, 1.82) is 0 Å². The largest absolute Gasteiger partial charge is 0.507 e. The Hall–Kier alpha value is -1.55. The van der Waals surface area contributed by atoms with Gasteiger partial charge in [0.2, 0.25) is 0 Å². The number of aromatic hydroxyl groups is 1. The summed E-state index contributed by atoms with van der Waals surface area (Å²) in [5.74, 6) is -0.234. The molecule has 2 rings (SSSR count). The number of halogens is 2. The molecule has 0 saturated heterocycles. The molecule has 0 aliphatic carbocycles. The van der Waals surface area contributed by atoms with Gasteiger partial charge in [-0.1, -0.05) is 11.6 Å². The van der Waals surface area contributed by atoms with Gasteiger partial charge in [-0.25, -0.2) is 9.37 Å². The van der Waals surface area contributed by atoms with Gasteiger partial charge >= 0.3 is 0 Å². The Kier molecular flexibility index (Phi) is 2.83. The minimum absolute atomic E-state index is 0.0292. The Labute approximate surface area is 97.1 Å². The van der Waals surface area contributed by atoms with Crippen molar-refractivity contribution in [3.63, 3.8) is 0 Å². The molecule has 1 N–H and O–H groups in total. The maximum atomic E-state index is 13.1. The molecular weight excluding hydrogens is 231 g/mol. The zero-order chi connectivity index (χ0) is 11.7. The van der Waals surface area contributed by atoms with Crippen molar-refractivity contribution in [2.45, 2.75) is 13.5 Å². The molecule has 5 heteroatoms. The number of rotatable bonds is 2. The number of aryl methyl sites for hydroxylation is 1. The van der Waals surface area contributed by atoms with E-state index < -0.39 is 5.82 Å². The molecule has 0 amide bonds. The lowest BCUT2D eigenvalue weighted by Crippen LogP contribution is -1.96. The maximum Gasteiger partial charge on any atom is 0.145 e. The highest BCUT2D eigenvalue weighted by Gasteiger charge is 2.13. The van der Waals surface area contributed by atoms with E-state index in [0.29, 0.717) is 17.9 Å². The van der Waals surface area contributed by atoms with Crippen LogP contribution in [0.25, 0.3) is 11.4 Å². The lowest BCUT2D eigenvalue weighted by atomic mass is 10.2. The number of phenols is 1. The van der Waals surface area contributed by atoms with Crippen molar-refractivity contribution >= 4 is 11.6 Å². The van der Waals surface area contributed by atoms with Crippen LogP contribution >= 0.6 is 11.6 Å². The van der Waals surface area contributed by atoms with E-state index in [0.717, 1.165) is 6.07 Å². The highest BCUT2D eigenvalue weighted by atomic mass is 35.5. The van der Waals surface area contributed by atoms with Crippen LogP contribution in [0.5, 0.6) is 5.75 Å². The molecule has 3 nitrogen and oxygen atoms in total. The number of nitrogens with zero attached hydrogens (tertiary/aromatic N) is 2. The third-order valence-corrected chi connectivity index (χ3v) is 2.63. The number of hydrogen-bond acceptors (Lipinski definition) is 2. The van der Waals surface area contributed by atoms with Crippen molar-refractivity contribution in [1.82, 2.24) is 9.55 Å². The summed E-state index contributed by atoms with van der Waals surface area (Å²) in [6.07, 6.45) is 3.40. The van der Waals surface area contributed by atoms with Gasteiger partial charge in [-0.3, -0.25) is 0 Å². The second kappa shape index (κ2) is 4.14. The summed E-state index contributed by atoms with van der Waals surface area (Å²) in [5, 5.41) is 9.63. The summed E-state index contributed by atoms with van der Waals surface area (Å²) >= 11 is 5.68. The molecule has 0 bridgehead atoms. The molecular formula is C11H10ClFN2O. The van der Waals surface area contributed by atoms with Crippen molar-refractivity contribution in [2.75, 3.05) is 0 Å². The van der Waals surface area contributed by atoms with Crippen LogP contribution in [-0.2, 0) is 6.54 Å². The average Bonchev–Trinajstić information content (AvgIpc) is 2.71. The molecule has 1 aromatic heterocycles. The fraction of sp³-hybridized carbons (Fsp3) is 0.182. The number of imidazole rings is 1.